The third-order valence-corrected chi connectivity index (χ3v) is 5.19. The second-order valence-corrected chi connectivity index (χ2v) is 7.19. The minimum absolute atomic E-state index is 0.0273. The molecular formula is C21H19N7O3. The second kappa shape index (κ2) is 7.24. The molecule has 0 spiro atoms. The molecule has 1 aliphatic heterocycles. The third-order valence-electron chi connectivity index (χ3n) is 5.19. The summed E-state index contributed by atoms with van der Waals surface area (Å²) in [4.78, 5) is 12.7. The lowest BCUT2D eigenvalue weighted by atomic mass is 9.92. The number of phenolic OH excluding ortho intramolecular Hbond substituents is 1. The van der Waals surface area contributed by atoms with E-state index in [0.717, 1.165) is 16.7 Å². The Labute approximate surface area is 176 Å². The molecule has 0 amide bonds. The Morgan fingerprint density at radius 2 is 2.00 bits per heavy atom. The smallest absolute Gasteiger partial charge is 0.288 e. The van der Waals surface area contributed by atoms with Crippen molar-refractivity contribution in [1.29, 1.82) is 0 Å². The average Bonchev–Trinajstić information content (AvgIpc) is 3.24. The summed E-state index contributed by atoms with van der Waals surface area (Å²) in [5.74, 6) is 0.693. The van der Waals surface area contributed by atoms with Crippen LogP contribution in [0.25, 0.3) is 11.3 Å². The van der Waals surface area contributed by atoms with E-state index in [-0.39, 0.29) is 11.3 Å². The van der Waals surface area contributed by atoms with Gasteiger partial charge in [-0.25, -0.2) is 5.10 Å². The monoisotopic (exact) mass is 417 g/mol. The van der Waals surface area contributed by atoms with Gasteiger partial charge in [-0.2, -0.15) is 9.78 Å². The van der Waals surface area contributed by atoms with Crippen molar-refractivity contribution in [3.63, 3.8) is 0 Å². The topological polar surface area (TPSA) is 131 Å². The first-order valence-corrected chi connectivity index (χ1v) is 9.77. The van der Waals surface area contributed by atoms with Gasteiger partial charge >= 0.3 is 0 Å². The molecule has 3 heterocycles. The van der Waals surface area contributed by atoms with E-state index in [2.05, 4.69) is 31.0 Å². The van der Waals surface area contributed by atoms with Crippen molar-refractivity contribution in [3.05, 3.63) is 69.5 Å². The zero-order chi connectivity index (χ0) is 21.5. The molecule has 0 bridgehead atoms. The SMILES string of the molecule is CCOc1cc(C2c3c(-c4ccc(C)cc4)n[nH]c(=O)c3Nc3nnnn32)ccc1O. The number of nitrogens with one attached hydrogen (secondary N) is 2. The molecule has 10 heteroatoms. The molecule has 0 aliphatic carbocycles. The van der Waals surface area contributed by atoms with Gasteiger partial charge in [-0.3, -0.25) is 4.79 Å². The Hall–Kier alpha value is -4.21. The number of rotatable bonds is 4. The first-order valence-electron chi connectivity index (χ1n) is 9.77. The van der Waals surface area contributed by atoms with Gasteiger partial charge < -0.3 is 15.2 Å². The highest BCUT2D eigenvalue weighted by Gasteiger charge is 2.34. The number of ether oxygens (including phenoxy) is 1. The average molecular weight is 417 g/mol. The van der Waals surface area contributed by atoms with Gasteiger partial charge in [0, 0.05) is 11.1 Å². The van der Waals surface area contributed by atoms with Crippen LogP contribution in [-0.2, 0) is 0 Å². The third kappa shape index (κ3) is 3.08. The maximum absolute atomic E-state index is 12.7. The lowest BCUT2D eigenvalue weighted by molar-refractivity contribution is 0.317. The summed E-state index contributed by atoms with van der Waals surface area (Å²) in [6.45, 7) is 4.24. The minimum Gasteiger partial charge on any atom is -0.504 e. The number of aromatic nitrogens is 6. The first-order chi connectivity index (χ1) is 15.1. The first kappa shape index (κ1) is 18.8. The highest BCUT2D eigenvalue weighted by molar-refractivity contribution is 5.75. The molecule has 2 aromatic heterocycles. The predicted octanol–water partition coefficient (Wildman–Crippen LogP) is 2.53. The number of aryl methyl sites for hydroxylation is 1. The standard InChI is InChI=1S/C21H19N7O3/c1-3-31-15-10-13(8-9-14(15)29)19-16-17(12-6-4-11(2)5-7-12)23-24-20(30)18(16)22-21-25-26-27-28(19)21/h4-10,19,29H,3H2,1-2H3,(H,24,30)(H,22,25,27). The minimum atomic E-state index is -0.563. The van der Waals surface area contributed by atoms with Crippen LogP contribution in [0.15, 0.2) is 47.3 Å². The maximum Gasteiger partial charge on any atom is 0.288 e. The number of aromatic hydroxyl groups is 1. The van der Waals surface area contributed by atoms with Gasteiger partial charge in [0.15, 0.2) is 11.5 Å². The van der Waals surface area contributed by atoms with Crippen LogP contribution in [0, 0.1) is 6.92 Å². The Balaban J connectivity index is 1.78. The molecule has 1 unspecified atom stereocenters. The van der Waals surface area contributed by atoms with E-state index in [0.29, 0.717) is 35.2 Å². The fourth-order valence-electron chi connectivity index (χ4n) is 3.75. The van der Waals surface area contributed by atoms with E-state index in [9.17, 15) is 9.90 Å². The number of nitrogens with zero attached hydrogens (tertiary/aromatic N) is 5. The van der Waals surface area contributed by atoms with Gasteiger partial charge in [0.2, 0.25) is 5.95 Å². The summed E-state index contributed by atoms with van der Waals surface area (Å²) in [5.41, 5.74) is 3.85. The number of H-pyrrole nitrogens is 1. The summed E-state index contributed by atoms with van der Waals surface area (Å²) in [5, 5.41) is 32.0. The molecule has 3 N–H and O–H groups in total. The van der Waals surface area contributed by atoms with Gasteiger partial charge in [-0.1, -0.05) is 41.0 Å². The molecule has 31 heavy (non-hydrogen) atoms. The van der Waals surface area contributed by atoms with E-state index in [4.69, 9.17) is 4.74 Å². The normalized spacial score (nSPS) is 14.5. The summed E-state index contributed by atoms with van der Waals surface area (Å²) in [6, 6.07) is 12.3. The lowest BCUT2D eigenvalue weighted by Crippen LogP contribution is -2.29. The van der Waals surface area contributed by atoms with Crippen molar-refractivity contribution >= 4 is 11.6 Å². The maximum atomic E-state index is 12.7. The quantitative estimate of drug-likeness (QED) is 0.407. The van der Waals surface area contributed by atoms with Crippen molar-refractivity contribution in [1.82, 2.24) is 30.4 Å². The molecule has 156 valence electrons. The number of aromatic amines is 1. The van der Waals surface area contributed by atoms with Crippen LogP contribution in [-0.4, -0.2) is 42.1 Å². The van der Waals surface area contributed by atoms with E-state index in [1.165, 1.54) is 0 Å². The molecule has 1 atom stereocenters. The lowest BCUT2D eigenvalue weighted by Gasteiger charge is -2.28. The molecule has 1 aliphatic rings. The zero-order valence-corrected chi connectivity index (χ0v) is 16.8. The number of phenols is 1. The Kier molecular flexibility index (Phi) is 4.39. The molecule has 5 rings (SSSR count). The van der Waals surface area contributed by atoms with Crippen LogP contribution < -0.4 is 15.6 Å². The largest absolute Gasteiger partial charge is 0.504 e. The molecule has 0 fully saturated rings. The van der Waals surface area contributed by atoms with Crippen LogP contribution in [0.4, 0.5) is 11.6 Å². The number of hydrogen-bond acceptors (Lipinski definition) is 8. The highest BCUT2D eigenvalue weighted by atomic mass is 16.5. The summed E-state index contributed by atoms with van der Waals surface area (Å²) in [6.07, 6.45) is 0. The Morgan fingerprint density at radius 1 is 1.19 bits per heavy atom. The Bertz CT molecular complexity index is 1330. The van der Waals surface area contributed by atoms with Gasteiger partial charge in [0.1, 0.15) is 11.7 Å². The fourth-order valence-corrected chi connectivity index (χ4v) is 3.75. The van der Waals surface area contributed by atoms with Gasteiger partial charge in [-0.05, 0) is 42.0 Å². The fraction of sp³-hybridized carbons (Fsp3) is 0.190. The predicted molar refractivity (Wildman–Crippen MR) is 113 cm³/mol. The van der Waals surface area contributed by atoms with Crippen molar-refractivity contribution < 1.29 is 9.84 Å². The van der Waals surface area contributed by atoms with Crippen molar-refractivity contribution in [2.24, 2.45) is 0 Å². The molecule has 0 radical (unpaired) electrons. The number of anilines is 2. The van der Waals surface area contributed by atoms with Crippen LogP contribution in [0.1, 0.15) is 29.7 Å². The molecule has 4 aromatic rings. The summed E-state index contributed by atoms with van der Waals surface area (Å²) in [7, 11) is 0. The number of tetrazole rings is 1. The van der Waals surface area contributed by atoms with Crippen molar-refractivity contribution in [2.45, 2.75) is 19.9 Å². The zero-order valence-electron chi connectivity index (χ0n) is 16.8. The molecule has 0 saturated carbocycles. The molecule has 2 aromatic carbocycles. The highest BCUT2D eigenvalue weighted by Crippen LogP contribution is 2.42. The van der Waals surface area contributed by atoms with Crippen LogP contribution >= 0.6 is 0 Å². The Morgan fingerprint density at radius 3 is 2.77 bits per heavy atom. The molecule has 10 nitrogen and oxygen atoms in total. The molecular weight excluding hydrogens is 398 g/mol. The summed E-state index contributed by atoms with van der Waals surface area (Å²) >= 11 is 0. The van der Waals surface area contributed by atoms with E-state index in [1.807, 2.05) is 38.1 Å². The van der Waals surface area contributed by atoms with Crippen molar-refractivity contribution in [2.75, 3.05) is 11.9 Å². The summed E-state index contributed by atoms with van der Waals surface area (Å²) < 4.78 is 7.15. The molecule has 0 saturated heterocycles. The van der Waals surface area contributed by atoms with Crippen LogP contribution in [0.2, 0.25) is 0 Å². The number of hydrogen-bond donors (Lipinski definition) is 3. The van der Waals surface area contributed by atoms with Crippen LogP contribution in [0.5, 0.6) is 11.5 Å². The van der Waals surface area contributed by atoms with Crippen molar-refractivity contribution in [3.8, 4) is 22.8 Å². The number of benzene rings is 2. The second-order valence-electron chi connectivity index (χ2n) is 7.19. The van der Waals surface area contributed by atoms with E-state index in [1.54, 1.807) is 22.9 Å². The van der Waals surface area contributed by atoms with Crippen LogP contribution in [0.3, 0.4) is 0 Å². The van der Waals surface area contributed by atoms with Gasteiger partial charge in [0.05, 0.1) is 12.3 Å². The van der Waals surface area contributed by atoms with Gasteiger partial charge in [0.25, 0.3) is 5.56 Å². The van der Waals surface area contributed by atoms with E-state index >= 15 is 0 Å². The van der Waals surface area contributed by atoms with E-state index < -0.39 is 6.04 Å². The van der Waals surface area contributed by atoms with Gasteiger partial charge in [-0.15, -0.1) is 0 Å². The number of fused-ring (bicyclic) bond motifs is 2.